The second kappa shape index (κ2) is 5.03. The molecule has 0 bridgehead atoms. The van der Waals surface area contributed by atoms with Crippen LogP contribution in [0.25, 0.3) is 0 Å². The molecule has 1 atom stereocenters. The quantitative estimate of drug-likeness (QED) is 0.785. The molecule has 2 rings (SSSR count). The number of hydrogen-bond acceptors (Lipinski definition) is 5. The first-order valence-electron chi connectivity index (χ1n) is 4.83. The van der Waals surface area contributed by atoms with E-state index in [9.17, 15) is 4.79 Å². The number of rotatable bonds is 3. The van der Waals surface area contributed by atoms with E-state index in [1.54, 1.807) is 25.0 Å². The molecule has 0 aromatic carbocycles. The van der Waals surface area contributed by atoms with Crippen LogP contribution in [0.5, 0.6) is 0 Å². The monoisotopic (exact) mass is 243 g/mol. The number of nitrogens with zero attached hydrogens (tertiary/aromatic N) is 3. The predicted molar refractivity (Wildman–Crippen MR) is 63.3 cm³/mol. The van der Waals surface area contributed by atoms with Gasteiger partial charge < -0.3 is 0 Å². The lowest BCUT2D eigenvalue weighted by molar-refractivity contribution is -0.117. The molecule has 1 fully saturated rings. The lowest BCUT2D eigenvalue weighted by Gasteiger charge is -2.18. The summed E-state index contributed by atoms with van der Waals surface area (Å²) < 4.78 is 0. The van der Waals surface area contributed by atoms with Crippen LogP contribution in [0.1, 0.15) is 5.69 Å². The summed E-state index contributed by atoms with van der Waals surface area (Å²) in [6, 6.07) is 0. The zero-order valence-electron chi connectivity index (χ0n) is 8.55. The van der Waals surface area contributed by atoms with Gasteiger partial charge >= 0.3 is 0 Å². The van der Waals surface area contributed by atoms with Crippen molar-refractivity contribution in [2.24, 2.45) is 7.05 Å². The largest absolute Gasteiger partial charge is 0.298 e. The first kappa shape index (κ1) is 11.0. The molecule has 4 nitrogen and oxygen atoms in total. The first-order chi connectivity index (χ1) is 7.25. The highest BCUT2D eigenvalue weighted by Crippen LogP contribution is 2.25. The average molecular weight is 243 g/mol. The van der Waals surface area contributed by atoms with Crippen LogP contribution in [-0.4, -0.2) is 43.3 Å². The topological polar surface area (TPSA) is 47.8 Å². The van der Waals surface area contributed by atoms with Gasteiger partial charge in [-0.25, -0.2) is 0 Å². The number of aryl methyl sites for hydroxylation is 1. The molecule has 1 aliphatic rings. The fourth-order valence-electron chi connectivity index (χ4n) is 1.43. The molecule has 0 radical (unpaired) electrons. The number of thioether (sulfide) groups is 2. The third-order valence-electron chi connectivity index (χ3n) is 2.18. The number of carbonyl (C=O) groups excluding carboxylic acids is 1. The van der Waals surface area contributed by atoms with Gasteiger partial charge in [0.2, 0.25) is 0 Å². The minimum absolute atomic E-state index is 0.158. The summed E-state index contributed by atoms with van der Waals surface area (Å²) in [5, 5.41) is 8.23. The van der Waals surface area contributed by atoms with Crippen molar-refractivity contribution in [3.8, 4) is 0 Å². The molecule has 0 saturated carbocycles. The van der Waals surface area contributed by atoms with E-state index >= 15 is 0 Å². The lowest BCUT2D eigenvalue weighted by Crippen LogP contribution is -2.25. The van der Waals surface area contributed by atoms with Gasteiger partial charge in [-0.3, -0.25) is 4.79 Å². The van der Waals surface area contributed by atoms with Crippen LogP contribution in [0.3, 0.4) is 0 Å². The van der Waals surface area contributed by atoms with Crippen molar-refractivity contribution < 1.29 is 4.79 Å². The lowest BCUT2D eigenvalue weighted by atomic mass is 10.2. The standard InChI is InChI=1S/C9H13N3OS2/c1-12-10-5-7(11-12)4-8(13)9-6-14-2-3-15-9/h5,9H,2-4,6H2,1H3. The Bertz CT molecular complexity index is 347. The Balaban J connectivity index is 1.91. The van der Waals surface area contributed by atoms with E-state index in [4.69, 9.17) is 0 Å². The maximum absolute atomic E-state index is 11.9. The molecule has 1 unspecified atom stereocenters. The molecular weight excluding hydrogens is 230 g/mol. The minimum atomic E-state index is 0.158. The zero-order valence-corrected chi connectivity index (χ0v) is 10.2. The Kier molecular flexibility index (Phi) is 3.69. The molecule has 1 aromatic heterocycles. The number of Topliss-reactive ketones (excluding diaryl/α,β-unsaturated/α-hetero) is 1. The summed E-state index contributed by atoms with van der Waals surface area (Å²) in [5.41, 5.74) is 0.777. The Hall–Kier alpha value is -0.490. The number of ketones is 1. The van der Waals surface area contributed by atoms with Crippen molar-refractivity contribution in [3.63, 3.8) is 0 Å². The van der Waals surface area contributed by atoms with E-state index < -0.39 is 0 Å². The fraction of sp³-hybridized carbons (Fsp3) is 0.667. The van der Waals surface area contributed by atoms with E-state index in [1.165, 1.54) is 10.5 Å². The maximum atomic E-state index is 11.9. The Labute approximate surface area is 97.2 Å². The van der Waals surface area contributed by atoms with Crippen molar-refractivity contribution in [3.05, 3.63) is 11.9 Å². The number of hydrogen-bond donors (Lipinski definition) is 0. The molecule has 15 heavy (non-hydrogen) atoms. The average Bonchev–Trinajstić information content (AvgIpc) is 2.65. The van der Waals surface area contributed by atoms with E-state index in [2.05, 4.69) is 10.2 Å². The second-order valence-corrected chi connectivity index (χ2v) is 5.86. The van der Waals surface area contributed by atoms with Crippen LogP contribution < -0.4 is 0 Å². The fourth-order valence-corrected chi connectivity index (χ4v) is 4.09. The van der Waals surface area contributed by atoms with Gasteiger partial charge in [-0.1, -0.05) is 0 Å². The van der Waals surface area contributed by atoms with Gasteiger partial charge in [-0.05, 0) is 0 Å². The smallest absolute Gasteiger partial charge is 0.152 e. The van der Waals surface area contributed by atoms with Gasteiger partial charge in [-0.15, -0.1) is 11.8 Å². The third kappa shape index (κ3) is 2.98. The van der Waals surface area contributed by atoms with Crippen molar-refractivity contribution in [2.75, 3.05) is 17.3 Å². The van der Waals surface area contributed by atoms with Crippen molar-refractivity contribution >= 4 is 29.3 Å². The van der Waals surface area contributed by atoms with Gasteiger partial charge in [0.1, 0.15) is 0 Å². The highest BCUT2D eigenvalue weighted by molar-refractivity contribution is 8.07. The highest BCUT2D eigenvalue weighted by atomic mass is 32.2. The molecule has 1 aliphatic heterocycles. The Morgan fingerprint density at radius 1 is 1.67 bits per heavy atom. The molecule has 1 aromatic rings. The summed E-state index contributed by atoms with van der Waals surface area (Å²) in [4.78, 5) is 13.4. The summed E-state index contributed by atoms with van der Waals surface area (Å²) in [6.07, 6.45) is 2.09. The normalized spacial score (nSPS) is 21.5. The molecule has 6 heteroatoms. The third-order valence-corrected chi connectivity index (χ3v) is 4.98. The van der Waals surface area contributed by atoms with Gasteiger partial charge in [0, 0.05) is 24.3 Å². The van der Waals surface area contributed by atoms with Crippen molar-refractivity contribution in [1.29, 1.82) is 0 Å². The number of aromatic nitrogens is 3. The molecular formula is C9H13N3OS2. The van der Waals surface area contributed by atoms with E-state index in [0.29, 0.717) is 6.42 Å². The van der Waals surface area contributed by atoms with Crippen molar-refractivity contribution in [1.82, 2.24) is 15.0 Å². The van der Waals surface area contributed by atoms with Gasteiger partial charge in [-0.2, -0.15) is 26.8 Å². The molecule has 0 spiro atoms. The molecule has 2 heterocycles. The van der Waals surface area contributed by atoms with Crippen LogP contribution >= 0.6 is 23.5 Å². The van der Waals surface area contributed by atoms with Crippen LogP contribution in [0.2, 0.25) is 0 Å². The van der Waals surface area contributed by atoms with E-state index in [-0.39, 0.29) is 11.0 Å². The van der Waals surface area contributed by atoms with Crippen LogP contribution in [0, 0.1) is 0 Å². The molecule has 1 saturated heterocycles. The van der Waals surface area contributed by atoms with E-state index in [1.807, 2.05) is 11.8 Å². The predicted octanol–water partition coefficient (Wildman–Crippen LogP) is 0.775. The summed E-state index contributed by atoms with van der Waals surface area (Å²) in [7, 11) is 1.76. The molecule has 0 aliphatic carbocycles. The minimum Gasteiger partial charge on any atom is -0.298 e. The summed E-state index contributed by atoms with van der Waals surface area (Å²) in [6.45, 7) is 0. The number of carbonyl (C=O) groups is 1. The second-order valence-electron chi connectivity index (χ2n) is 3.40. The summed E-state index contributed by atoms with van der Waals surface area (Å²) in [5.74, 6) is 3.48. The molecule has 0 N–H and O–H groups in total. The zero-order chi connectivity index (χ0) is 10.7. The van der Waals surface area contributed by atoms with Gasteiger partial charge in [0.05, 0.1) is 23.6 Å². The Morgan fingerprint density at radius 3 is 3.13 bits per heavy atom. The van der Waals surface area contributed by atoms with Crippen LogP contribution in [0.15, 0.2) is 6.20 Å². The van der Waals surface area contributed by atoms with E-state index in [0.717, 1.165) is 17.2 Å². The van der Waals surface area contributed by atoms with Gasteiger partial charge in [0.25, 0.3) is 0 Å². The summed E-state index contributed by atoms with van der Waals surface area (Å²) >= 11 is 3.64. The molecule has 82 valence electrons. The first-order valence-corrected chi connectivity index (χ1v) is 7.03. The van der Waals surface area contributed by atoms with Crippen LogP contribution in [-0.2, 0) is 18.3 Å². The Morgan fingerprint density at radius 2 is 2.53 bits per heavy atom. The highest BCUT2D eigenvalue weighted by Gasteiger charge is 2.22. The maximum Gasteiger partial charge on any atom is 0.152 e. The van der Waals surface area contributed by atoms with Crippen molar-refractivity contribution in [2.45, 2.75) is 11.7 Å². The van der Waals surface area contributed by atoms with Crippen LogP contribution in [0.4, 0.5) is 0 Å². The van der Waals surface area contributed by atoms with Gasteiger partial charge in [0.15, 0.2) is 5.78 Å². The molecule has 0 amide bonds. The SMILES string of the molecule is Cn1ncc(CC(=O)C2CSCCS2)n1.